The molecular formula is C18H34N2O2. The van der Waals surface area contributed by atoms with E-state index in [9.17, 15) is 0 Å². The second kappa shape index (κ2) is 8.09. The molecule has 3 rings (SSSR count). The van der Waals surface area contributed by atoms with Crippen LogP contribution in [0.25, 0.3) is 0 Å². The van der Waals surface area contributed by atoms with Crippen molar-refractivity contribution in [1.29, 1.82) is 0 Å². The van der Waals surface area contributed by atoms with Crippen LogP contribution in [0, 0.1) is 5.92 Å². The number of piperidine rings is 1. The molecule has 3 fully saturated rings. The monoisotopic (exact) mass is 310 g/mol. The van der Waals surface area contributed by atoms with E-state index in [1.165, 1.54) is 58.3 Å². The Kier molecular flexibility index (Phi) is 6.14. The third-order valence-electron chi connectivity index (χ3n) is 5.45. The van der Waals surface area contributed by atoms with E-state index in [1.807, 2.05) is 0 Å². The molecule has 0 N–H and O–H groups in total. The molecule has 22 heavy (non-hydrogen) atoms. The van der Waals surface area contributed by atoms with Gasteiger partial charge in [-0.2, -0.15) is 0 Å². The molecule has 0 aromatic carbocycles. The maximum absolute atomic E-state index is 5.89. The largest absolute Gasteiger partial charge is 0.377 e. The van der Waals surface area contributed by atoms with Gasteiger partial charge < -0.3 is 14.4 Å². The molecular weight excluding hydrogens is 276 g/mol. The highest BCUT2D eigenvalue weighted by Crippen LogP contribution is 2.22. The fourth-order valence-corrected chi connectivity index (χ4v) is 4.39. The third kappa shape index (κ3) is 4.92. The maximum Gasteiger partial charge on any atom is 0.0702 e. The minimum Gasteiger partial charge on any atom is -0.377 e. The Morgan fingerprint density at radius 1 is 0.864 bits per heavy atom. The Morgan fingerprint density at radius 2 is 1.59 bits per heavy atom. The number of rotatable bonds is 4. The van der Waals surface area contributed by atoms with Crippen LogP contribution in [0.5, 0.6) is 0 Å². The van der Waals surface area contributed by atoms with Crippen LogP contribution in [-0.4, -0.2) is 74.0 Å². The molecule has 0 amide bonds. The quantitative estimate of drug-likeness (QED) is 0.796. The van der Waals surface area contributed by atoms with E-state index in [4.69, 9.17) is 9.47 Å². The van der Waals surface area contributed by atoms with Gasteiger partial charge in [-0.15, -0.1) is 0 Å². The lowest BCUT2D eigenvalue weighted by Crippen LogP contribution is -2.48. The van der Waals surface area contributed by atoms with Gasteiger partial charge in [-0.3, -0.25) is 4.90 Å². The fourth-order valence-electron chi connectivity index (χ4n) is 4.39. The standard InChI is InChI=1S/C18H34N2O2/c1-15-11-20(12-16(2)22-15)13-17-6-8-19(9-7-17)14-18-5-3-4-10-21-18/h15-18H,3-14H2,1-2H3. The zero-order valence-corrected chi connectivity index (χ0v) is 14.5. The average molecular weight is 310 g/mol. The van der Waals surface area contributed by atoms with Crippen LogP contribution in [0.15, 0.2) is 0 Å². The lowest BCUT2D eigenvalue weighted by atomic mass is 9.95. The van der Waals surface area contributed by atoms with Crippen molar-refractivity contribution in [3.05, 3.63) is 0 Å². The molecule has 3 unspecified atom stereocenters. The summed E-state index contributed by atoms with van der Waals surface area (Å²) in [6, 6.07) is 0. The van der Waals surface area contributed by atoms with Crippen LogP contribution in [0.2, 0.25) is 0 Å². The lowest BCUT2D eigenvalue weighted by Gasteiger charge is -2.40. The van der Waals surface area contributed by atoms with Gasteiger partial charge in [-0.05, 0) is 65.0 Å². The number of hydrogen-bond acceptors (Lipinski definition) is 4. The summed E-state index contributed by atoms with van der Waals surface area (Å²) in [5.74, 6) is 0.876. The second-order valence-electron chi connectivity index (χ2n) is 7.71. The highest BCUT2D eigenvalue weighted by atomic mass is 16.5. The Bertz CT molecular complexity index is 315. The number of ether oxygens (including phenoxy) is 2. The van der Waals surface area contributed by atoms with Gasteiger partial charge in [0.15, 0.2) is 0 Å². The van der Waals surface area contributed by atoms with Gasteiger partial charge in [-0.25, -0.2) is 0 Å². The van der Waals surface area contributed by atoms with Crippen molar-refractivity contribution in [1.82, 2.24) is 9.80 Å². The zero-order chi connectivity index (χ0) is 15.4. The molecule has 3 saturated heterocycles. The SMILES string of the molecule is CC1CN(CC2CCN(CC3CCCCO3)CC2)CC(C)O1. The van der Waals surface area contributed by atoms with Crippen LogP contribution < -0.4 is 0 Å². The molecule has 3 atom stereocenters. The van der Waals surface area contributed by atoms with E-state index in [1.54, 1.807) is 0 Å². The minimum atomic E-state index is 0.396. The first kappa shape index (κ1) is 16.7. The van der Waals surface area contributed by atoms with Crippen molar-refractivity contribution in [3.8, 4) is 0 Å². The smallest absolute Gasteiger partial charge is 0.0702 e. The number of nitrogens with zero attached hydrogens (tertiary/aromatic N) is 2. The van der Waals surface area contributed by atoms with Gasteiger partial charge in [0.2, 0.25) is 0 Å². The summed E-state index contributed by atoms with van der Waals surface area (Å²) in [6.45, 7) is 12.6. The van der Waals surface area contributed by atoms with Gasteiger partial charge in [0.1, 0.15) is 0 Å². The predicted molar refractivity (Wildman–Crippen MR) is 89.2 cm³/mol. The summed E-state index contributed by atoms with van der Waals surface area (Å²) >= 11 is 0. The summed E-state index contributed by atoms with van der Waals surface area (Å²) in [7, 11) is 0. The van der Waals surface area contributed by atoms with E-state index < -0.39 is 0 Å². The molecule has 0 aromatic heterocycles. The van der Waals surface area contributed by atoms with Gasteiger partial charge in [0, 0.05) is 32.8 Å². The number of hydrogen-bond donors (Lipinski definition) is 0. The molecule has 0 radical (unpaired) electrons. The molecule has 3 aliphatic heterocycles. The average Bonchev–Trinajstić information content (AvgIpc) is 2.49. The summed E-state index contributed by atoms with van der Waals surface area (Å²) < 4.78 is 11.7. The topological polar surface area (TPSA) is 24.9 Å². The molecule has 0 spiro atoms. The molecule has 0 bridgehead atoms. The van der Waals surface area contributed by atoms with Gasteiger partial charge in [0.25, 0.3) is 0 Å². The van der Waals surface area contributed by atoms with Crippen molar-refractivity contribution in [2.75, 3.05) is 45.9 Å². The summed E-state index contributed by atoms with van der Waals surface area (Å²) in [5.41, 5.74) is 0. The first-order chi connectivity index (χ1) is 10.7. The lowest BCUT2D eigenvalue weighted by molar-refractivity contribution is -0.0738. The van der Waals surface area contributed by atoms with Crippen molar-refractivity contribution in [2.24, 2.45) is 5.92 Å². The maximum atomic E-state index is 5.89. The molecule has 4 heteroatoms. The summed E-state index contributed by atoms with van der Waals surface area (Å²) in [6.07, 6.45) is 7.89. The molecule has 128 valence electrons. The van der Waals surface area contributed by atoms with Gasteiger partial charge in [-0.1, -0.05) is 0 Å². The van der Waals surface area contributed by atoms with Gasteiger partial charge >= 0.3 is 0 Å². The summed E-state index contributed by atoms with van der Waals surface area (Å²) in [5, 5.41) is 0. The summed E-state index contributed by atoms with van der Waals surface area (Å²) in [4.78, 5) is 5.26. The zero-order valence-electron chi connectivity index (χ0n) is 14.5. The Balaban J connectivity index is 1.36. The highest BCUT2D eigenvalue weighted by molar-refractivity contribution is 4.80. The molecule has 0 saturated carbocycles. The number of morpholine rings is 1. The minimum absolute atomic E-state index is 0.396. The van der Waals surface area contributed by atoms with E-state index >= 15 is 0 Å². The Labute approximate surface area is 136 Å². The van der Waals surface area contributed by atoms with Crippen LogP contribution >= 0.6 is 0 Å². The van der Waals surface area contributed by atoms with Crippen molar-refractivity contribution < 1.29 is 9.47 Å². The molecule has 0 aliphatic carbocycles. The van der Waals surface area contributed by atoms with Crippen LogP contribution in [0.1, 0.15) is 46.0 Å². The van der Waals surface area contributed by atoms with Crippen molar-refractivity contribution in [3.63, 3.8) is 0 Å². The first-order valence-corrected chi connectivity index (χ1v) is 9.41. The Morgan fingerprint density at radius 3 is 2.23 bits per heavy atom. The van der Waals surface area contributed by atoms with Gasteiger partial charge in [0.05, 0.1) is 18.3 Å². The van der Waals surface area contributed by atoms with E-state index in [0.717, 1.165) is 25.6 Å². The predicted octanol–water partition coefficient (Wildman–Crippen LogP) is 2.38. The third-order valence-corrected chi connectivity index (χ3v) is 5.45. The van der Waals surface area contributed by atoms with E-state index in [-0.39, 0.29) is 0 Å². The first-order valence-electron chi connectivity index (χ1n) is 9.41. The molecule has 3 aliphatic rings. The van der Waals surface area contributed by atoms with Crippen LogP contribution in [0.3, 0.4) is 0 Å². The second-order valence-corrected chi connectivity index (χ2v) is 7.71. The normalized spacial score (nSPS) is 36.5. The highest BCUT2D eigenvalue weighted by Gasteiger charge is 2.27. The van der Waals surface area contributed by atoms with Crippen molar-refractivity contribution >= 4 is 0 Å². The van der Waals surface area contributed by atoms with Crippen LogP contribution in [0.4, 0.5) is 0 Å². The number of likely N-dealkylation sites (tertiary alicyclic amines) is 1. The molecule has 0 aromatic rings. The Hall–Kier alpha value is -0.160. The van der Waals surface area contributed by atoms with Crippen LogP contribution in [-0.2, 0) is 9.47 Å². The fraction of sp³-hybridized carbons (Fsp3) is 1.00. The van der Waals surface area contributed by atoms with E-state index in [2.05, 4.69) is 23.6 Å². The van der Waals surface area contributed by atoms with Crippen molar-refractivity contribution in [2.45, 2.75) is 64.3 Å². The molecule has 3 heterocycles. The van der Waals surface area contributed by atoms with E-state index in [0.29, 0.717) is 18.3 Å². The molecule has 4 nitrogen and oxygen atoms in total.